The predicted octanol–water partition coefficient (Wildman–Crippen LogP) is 6.61. The van der Waals surface area contributed by atoms with Crippen LogP contribution in [0.5, 0.6) is 0 Å². The monoisotopic (exact) mass is 936 g/mol. The average molecular weight is 937 g/mol. The van der Waals surface area contributed by atoms with Crippen molar-refractivity contribution in [2.45, 2.75) is 153 Å². The third-order valence-electron chi connectivity index (χ3n) is 18.1. The first-order chi connectivity index (χ1) is 30.1. The Bertz CT molecular complexity index is 2190. The van der Waals surface area contributed by atoms with E-state index in [2.05, 4.69) is 0 Å². The third kappa shape index (κ3) is 6.56. The Hall–Kier alpha value is -3.53. The van der Waals surface area contributed by atoms with Crippen molar-refractivity contribution in [3.63, 3.8) is 0 Å². The number of aliphatic hydroxyl groups excluding tert-OH is 2. The number of ether oxygens (including phenoxy) is 2. The van der Waals surface area contributed by atoms with Crippen molar-refractivity contribution >= 4 is 46.7 Å². The first-order valence-corrected chi connectivity index (χ1v) is 23.3. The van der Waals surface area contributed by atoms with Gasteiger partial charge in [0.05, 0.1) is 18.1 Å². The SMILES string of the molecule is CCCC(=O)O[C@]1(C(=O)COC(C)=O)CC[C@H]2[C@@H]3C[C@H](F)C4=CC(=O)C=C[C@]4(C)[C@@]3(F)[C@@H](O)C[C@@]21C.C[C@H]1C[C@H]2[C@@H]3C[C@H](F)C4=CC(=O)C=C[C@]4(C)[C@@]3(F)[C@@H](O)C[C@]2(C)[C@@]1(O)C(=O)CCl. The molecule has 8 aliphatic rings. The smallest absolute Gasteiger partial charge is 0.306 e. The summed E-state index contributed by atoms with van der Waals surface area (Å²) in [4.78, 5) is 74.1. The molecule has 6 fully saturated rings. The Balaban J connectivity index is 0.000000198. The summed E-state index contributed by atoms with van der Waals surface area (Å²) in [6.07, 6.45) is 1.46. The van der Waals surface area contributed by atoms with Crippen molar-refractivity contribution in [3.8, 4) is 0 Å². The van der Waals surface area contributed by atoms with E-state index < -0.39 is 140 Å². The average Bonchev–Trinajstić information content (AvgIpc) is 3.63. The van der Waals surface area contributed by atoms with Crippen LogP contribution in [0.2, 0.25) is 0 Å². The zero-order valence-electron chi connectivity index (χ0n) is 37.9. The number of carbonyl (C=O) groups is 6. The van der Waals surface area contributed by atoms with Crippen molar-refractivity contribution in [1.29, 1.82) is 0 Å². The molecule has 0 radical (unpaired) electrons. The zero-order chi connectivity index (χ0) is 48.2. The Kier molecular flexibility index (Phi) is 12.4. The number of Topliss-reactive ketones (excluding diaryl/α,β-unsaturated/α-hetero) is 2. The molecule has 8 aliphatic carbocycles. The molecular weight excluding hydrogens is 876 g/mol. The van der Waals surface area contributed by atoms with Gasteiger partial charge < -0.3 is 24.8 Å². The molecule has 0 amide bonds. The molecule has 0 spiro atoms. The van der Waals surface area contributed by atoms with Crippen LogP contribution in [0, 0.1) is 51.2 Å². The molecule has 8 rings (SSSR count). The largest absolute Gasteiger partial charge is 0.458 e. The lowest BCUT2D eigenvalue weighted by Gasteiger charge is -2.63. The molecule has 0 saturated heterocycles. The fraction of sp³-hybridized carbons (Fsp3) is 0.714. The maximum atomic E-state index is 17.2. The number of allylic oxidation sites excluding steroid dienone is 8. The van der Waals surface area contributed by atoms with Gasteiger partial charge in [-0.1, -0.05) is 39.8 Å². The van der Waals surface area contributed by atoms with Gasteiger partial charge in [-0.15, -0.1) is 11.6 Å². The van der Waals surface area contributed by atoms with Gasteiger partial charge in [0.1, 0.15) is 17.9 Å². The van der Waals surface area contributed by atoms with Crippen molar-refractivity contribution in [3.05, 3.63) is 47.6 Å². The first kappa shape index (κ1) is 49.4. The van der Waals surface area contributed by atoms with E-state index in [4.69, 9.17) is 21.1 Å². The van der Waals surface area contributed by atoms with Gasteiger partial charge in [-0.2, -0.15) is 0 Å². The van der Waals surface area contributed by atoms with Gasteiger partial charge in [0, 0.05) is 46.8 Å². The molecule has 65 heavy (non-hydrogen) atoms. The molecule has 6 saturated carbocycles. The topological polar surface area (TPSA) is 182 Å². The number of rotatable bonds is 8. The van der Waals surface area contributed by atoms with Crippen LogP contribution < -0.4 is 0 Å². The number of halogens is 5. The van der Waals surface area contributed by atoms with Gasteiger partial charge in [0.15, 0.2) is 40.9 Å². The minimum Gasteiger partial charge on any atom is -0.458 e. The van der Waals surface area contributed by atoms with Crippen molar-refractivity contribution in [2.24, 2.45) is 51.2 Å². The molecule has 3 N–H and O–H groups in total. The number of hydrogen-bond acceptors (Lipinski definition) is 11. The van der Waals surface area contributed by atoms with Crippen molar-refractivity contribution in [1.82, 2.24) is 0 Å². The van der Waals surface area contributed by atoms with Crippen LogP contribution >= 0.6 is 11.6 Å². The Morgan fingerprint density at radius 3 is 1.75 bits per heavy atom. The van der Waals surface area contributed by atoms with E-state index in [0.717, 1.165) is 19.1 Å². The molecule has 0 aromatic rings. The number of ketones is 4. The van der Waals surface area contributed by atoms with E-state index in [0.29, 0.717) is 12.8 Å². The zero-order valence-corrected chi connectivity index (χ0v) is 38.7. The molecule has 0 unspecified atom stereocenters. The molecular formula is C49H61ClF4O11. The van der Waals surface area contributed by atoms with Gasteiger partial charge in [0.2, 0.25) is 5.78 Å². The second kappa shape index (κ2) is 16.3. The molecule has 16 heteroatoms. The van der Waals surface area contributed by atoms with Crippen molar-refractivity contribution < 1.29 is 71.1 Å². The van der Waals surface area contributed by atoms with E-state index in [-0.39, 0.29) is 62.0 Å². The van der Waals surface area contributed by atoms with E-state index in [1.165, 1.54) is 38.2 Å². The number of fused-ring (bicyclic) bond motifs is 10. The van der Waals surface area contributed by atoms with Crippen LogP contribution in [0.1, 0.15) is 106 Å². The molecule has 0 aromatic heterocycles. The maximum Gasteiger partial charge on any atom is 0.306 e. The lowest BCUT2D eigenvalue weighted by atomic mass is 9.44. The van der Waals surface area contributed by atoms with Gasteiger partial charge in [0.25, 0.3) is 0 Å². The van der Waals surface area contributed by atoms with E-state index >= 15 is 17.6 Å². The molecule has 11 nitrogen and oxygen atoms in total. The standard InChI is InChI=1S/C27H34F2O7.C22H27ClF2O4/c1-5-6-23(34)36-26(22(33)14-35-15(2)30)10-8-17-18-12-20(28)19-11-16(31)7-9-24(19,3)27(18,29)21(32)13-25(17,26)4;1-11-6-13-14-8-16(24)15-7-12(26)4-5-19(15,2)21(14,25)17(27)9-20(13,3)22(11,29)18(28)10-23/h7,9,11,17-18,20-21,32H,5-6,8,10,12-14H2,1-4H3;4-5,7,11,13-14,16-17,27,29H,6,8-10H2,1-3H3/t17-,18-,20-,21-,24-,25-,26-,27-;11-,13-,14-,16-,17-,19-,20-,21-,22-/m00/s1. The Morgan fingerprint density at radius 2 is 1.28 bits per heavy atom. The number of aliphatic hydroxyl groups is 3. The summed E-state index contributed by atoms with van der Waals surface area (Å²) < 4.78 is 75.7. The van der Waals surface area contributed by atoms with Crippen LogP contribution in [-0.2, 0) is 38.2 Å². The summed E-state index contributed by atoms with van der Waals surface area (Å²) in [6, 6.07) is 0. The fourth-order valence-electron chi connectivity index (χ4n) is 14.8. The summed E-state index contributed by atoms with van der Waals surface area (Å²) in [5.74, 6) is -7.20. The van der Waals surface area contributed by atoms with Crippen LogP contribution in [0.25, 0.3) is 0 Å². The highest BCUT2D eigenvalue weighted by Crippen LogP contribution is 2.72. The molecule has 17 atom stereocenters. The molecule has 0 bridgehead atoms. The first-order valence-electron chi connectivity index (χ1n) is 22.8. The number of carbonyl (C=O) groups excluding carboxylic acids is 6. The van der Waals surface area contributed by atoms with Crippen LogP contribution in [0.4, 0.5) is 17.6 Å². The van der Waals surface area contributed by atoms with Crippen LogP contribution in [0.15, 0.2) is 47.6 Å². The molecule has 0 heterocycles. The van der Waals surface area contributed by atoms with Crippen LogP contribution in [-0.4, -0.2) is 110 Å². The summed E-state index contributed by atoms with van der Waals surface area (Å²) in [5.41, 5.74) is -13.3. The third-order valence-corrected chi connectivity index (χ3v) is 18.3. The summed E-state index contributed by atoms with van der Waals surface area (Å²) in [5, 5.41) is 34.0. The highest BCUT2D eigenvalue weighted by atomic mass is 35.5. The maximum absolute atomic E-state index is 17.2. The number of esters is 2. The van der Waals surface area contributed by atoms with Gasteiger partial charge >= 0.3 is 11.9 Å². The molecule has 0 aliphatic heterocycles. The normalized spacial score (nSPS) is 47.8. The second-order valence-corrected chi connectivity index (χ2v) is 21.2. The minimum absolute atomic E-state index is 0.0148. The summed E-state index contributed by atoms with van der Waals surface area (Å²) >= 11 is 5.78. The van der Waals surface area contributed by atoms with Gasteiger partial charge in [-0.05, 0) is 118 Å². The number of hydrogen-bond donors (Lipinski definition) is 3. The van der Waals surface area contributed by atoms with Gasteiger partial charge in [-0.25, -0.2) is 17.6 Å². The van der Waals surface area contributed by atoms with Gasteiger partial charge in [-0.3, -0.25) is 28.8 Å². The second-order valence-electron chi connectivity index (χ2n) is 21.0. The minimum atomic E-state index is -2.30. The highest BCUT2D eigenvalue weighted by molar-refractivity contribution is 6.29. The highest BCUT2D eigenvalue weighted by Gasteiger charge is 2.78. The van der Waals surface area contributed by atoms with E-state index in [9.17, 15) is 44.1 Å². The Morgan fingerprint density at radius 1 is 0.785 bits per heavy atom. The molecule has 0 aromatic carbocycles. The Labute approximate surface area is 381 Å². The fourth-order valence-corrected chi connectivity index (χ4v) is 15.0. The van der Waals surface area contributed by atoms with Crippen molar-refractivity contribution in [2.75, 3.05) is 12.5 Å². The predicted molar refractivity (Wildman–Crippen MR) is 228 cm³/mol. The summed E-state index contributed by atoms with van der Waals surface area (Å²) in [6.45, 7) is 10.4. The summed E-state index contributed by atoms with van der Waals surface area (Å²) in [7, 11) is 0. The molecule has 358 valence electrons. The quantitative estimate of drug-likeness (QED) is 0.135. The lowest BCUT2D eigenvalue weighted by molar-refractivity contribution is -0.229. The number of alkyl halides is 5. The van der Waals surface area contributed by atoms with E-state index in [1.807, 2.05) is 0 Å². The van der Waals surface area contributed by atoms with Crippen LogP contribution in [0.3, 0.4) is 0 Å². The lowest BCUT2D eigenvalue weighted by Crippen LogP contribution is -2.70. The van der Waals surface area contributed by atoms with E-state index in [1.54, 1.807) is 27.7 Å².